The molecule has 1 aromatic carbocycles. The van der Waals surface area contributed by atoms with E-state index in [1.807, 2.05) is 0 Å². The molecular weight excluding hydrogens is 274 g/mol. The van der Waals surface area contributed by atoms with E-state index in [0.29, 0.717) is 6.07 Å². The summed E-state index contributed by atoms with van der Waals surface area (Å²) in [7, 11) is 1.33. The summed E-state index contributed by atoms with van der Waals surface area (Å²) < 4.78 is 26.9. The van der Waals surface area contributed by atoms with Crippen molar-refractivity contribution in [2.75, 3.05) is 7.05 Å². The maximum Gasteiger partial charge on any atom is 0.362 e. The lowest BCUT2D eigenvalue weighted by Gasteiger charge is -2.08. The number of rotatable bonds is 3. The fraction of sp³-hybridized carbons (Fsp3) is 0.167. The van der Waals surface area contributed by atoms with Gasteiger partial charge in [0.1, 0.15) is 5.56 Å². The minimum absolute atomic E-state index is 0.0718. The molecule has 2 aromatic rings. The van der Waals surface area contributed by atoms with Gasteiger partial charge in [-0.25, -0.2) is 13.6 Å². The van der Waals surface area contributed by atoms with Crippen LogP contribution < -0.4 is 10.9 Å². The second-order valence-corrected chi connectivity index (χ2v) is 3.86. The first-order valence-corrected chi connectivity index (χ1v) is 5.52. The van der Waals surface area contributed by atoms with Gasteiger partial charge in [-0.1, -0.05) is 0 Å². The van der Waals surface area contributed by atoms with Gasteiger partial charge >= 0.3 is 5.97 Å². The van der Waals surface area contributed by atoms with Crippen LogP contribution in [0.3, 0.4) is 0 Å². The van der Waals surface area contributed by atoms with Gasteiger partial charge < -0.3 is 14.9 Å². The SMILES string of the molecule is CNOC(=O)c1c[nH]c2c(CO)c(F)c(F)cc2c1=O. The average molecular weight is 284 g/mol. The topological polar surface area (TPSA) is 91.4 Å². The monoisotopic (exact) mass is 284 g/mol. The van der Waals surface area contributed by atoms with Gasteiger partial charge in [-0.15, -0.1) is 0 Å². The third kappa shape index (κ3) is 2.15. The molecule has 0 bridgehead atoms. The molecule has 0 radical (unpaired) electrons. The second kappa shape index (κ2) is 5.35. The number of carbonyl (C=O) groups excluding carboxylic acids is 1. The third-order valence-electron chi connectivity index (χ3n) is 2.74. The second-order valence-electron chi connectivity index (χ2n) is 3.86. The molecule has 1 heterocycles. The molecule has 1 aromatic heterocycles. The van der Waals surface area contributed by atoms with E-state index < -0.39 is 29.6 Å². The Hall–Kier alpha value is -2.32. The highest BCUT2D eigenvalue weighted by Gasteiger charge is 2.19. The molecule has 0 saturated heterocycles. The summed E-state index contributed by atoms with van der Waals surface area (Å²) in [5, 5.41) is 8.81. The quantitative estimate of drug-likeness (QED) is 0.718. The summed E-state index contributed by atoms with van der Waals surface area (Å²) >= 11 is 0. The first kappa shape index (κ1) is 14.1. The minimum atomic E-state index is -1.29. The van der Waals surface area contributed by atoms with Crippen LogP contribution in [0, 0.1) is 11.6 Å². The van der Waals surface area contributed by atoms with Crippen molar-refractivity contribution in [2.24, 2.45) is 0 Å². The lowest BCUT2D eigenvalue weighted by atomic mass is 10.1. The number of halogens is 2. The van der Waals surface area contributed by atoms with E-state index >= 15 is 0 Å². The van der Waals surface area contributed by atoms with Crippen molar-refractivity contribution in [1.29, 1.82) is 0 Å². The number of aliphatic hydroxyl groups is 1. The molecule has 0 aliphatic carbocycles. The van der Waals surface area contributed by atoms with Crippen molar-refractivity contribution >= 4 is 16.9 Å². The van der Waals surface area contributed by atoms with E-state index in [-0.39, 0.29) is 22.0 Å². The van der Waals surface area contributed by atoms with E-state index in [4.69, 9.17) is 5.11 Å². The van der Waals surface area contributed by atoms with Crippen LogP contribution in [0.1, 0.15) is 15.9 Å². The number of aliphatic hydroxyl groups excluding tert-OH is 1. The average Bonchev–Trinajstić information content (AvgIpc) is 2.42. The van der Waals surface area contributed by atoms with Crippen molar-refractivity contribution in [1.82, 2.24) is 10.5 Å². The number of H-pyrrole nitrogens is 1. The van der Waals surface area contributed by atoms with Crippen molar-refractivity contribution in [3.05, 3.63) is 45.2 Å². The molecule has 0 atom stereocenters. The van der Waals surface area contributed by atoms with Gasteiger partial charge in [0, 0.05) is 24.2 Å². The summed E-state index contributed by atoms with van der Waals surface area (Å²) in [6, 6.07) is 0.665. The van der Waals surface area contributed by atoms with Gasteiger partial charge in [-0.3, -0.25) is 4.79 Å². The molecule has 0 aliphatic heterocycles. The van der Waals surface area contributed by atoms with E-state index in [2.05, 4.69) is 15.3 Å². The highest BCUT2D eigenvalue weighted by molar-refractivity contribution is 5.94. The van der Waals surface area contributed by atoms with Crippen molar-refractivity contribution in [3.8, 4) is 0 Å². The highest BCUT2D eigenvalue weighted by Crippen LogP contribution is 2.21. The van der Waals surface area contributed by atoms with Crippen molar-refractivity contribution in [3.63, 3.8) is 0 Å². The summed E-state index contributed by atoms with van der Waals surface area (Å²) in [5.74, 6) is -3.50. The van der Waals surface area contributed by atoms with Crippen LogP contribution in [0.15, 0.2) is 17.1 Å². The molecule has 3 N–H and O–H groups in total. The Balaban J connectivity index is 2.78. The Kier molecular flexibility index (Phi) is 3.77. The Labute approximate surface area is 110 Å². The molecule has 106 valence electrons. The van der Waals surface area contributed by atoms with Crippen LogP contribution in [0.2, 0.25) is 0 Å². The maximum absolute atomic E-state index is 13.5. The first-order valence-electron chi connectivity index (χ1n) is 5.52. The molecule has 0 spiro atoms. The van der Waals surface area contributed by atoms with Gasteiger partial charge in [0.25, 0.3) is 0 Å². The van der Waals surface area contributed by atoms with Crippen LogP contribution in [-0.2, 0) is 11.4 Å². The number of hydrogen-bond acceptors (Lipinski definition) is 5. The lowest BCUT2D eigenvalue weighted by Crippen LogP contribution is -2.23. The number of carbonyl (C=O) groups is 1. The standard InChI is InChI=1S/C12H10F2N2O4/c1-15-20-12(19)6-3-16-10-5(11(6)18)2-8(13)9(14)7(10)4-17/h2-3,15,17H,4H2,1H3,(H,16,18). The number of aromatic amines is 1. The van der Waals surface area contributed by atoms with E-state index in [1.165, 1.54) is 7.05 Å². The fourth-order valence-electron chi connectivity index (χ4n) is 1.83. The molecule has 8 heteroatoms. The predicted molar refractivity (Wildman–Crippen MR) is 64.9 cm³/mol. The smallest absolute Gasteiger partial charge is 0.362 e. The zero-order valence-electron chi connectivity index (χ0n) is 10.3. The summed E-state index contributed by atoms with van der Waals surface area (Å²) in [4.78, 5) is 30.5. The Morgan fingerprint density at radius 3 is 2.80 bits per heavy atom. The number of benzene rings is 1. The molecular formula is C12H10F2N2O4. The maximum atomic E-state index is 13.5. The molecule has 20 heavy (non-hydrogen) atoms. The number of hydrogen-bond donors (Lipinski definition) is 3. The predicted octanol–water partition coefficient (Wildman–Crippen LogP) is 0.590. The van der Waals surface area contributed by atoms with E-state index in [1.54, 1.807) is 0 Å². The highest BCUT2D eigenvalue weighted by atomic mass is 19.2. The molecule has 0 fully saturated rings. The summed E-state index contributed by atoms with van der Waals surface area (Å²) in [6.07, 6.45) is 1.01. The van der Waals surface area contributed by atoms with Gasteiger partial charge in [-0.2, -0.15) is 5.48 Å². The van der Waals surface area contributed by atoms with Crippen molar-refractivity contribution < 1.29 is 23.5 Å². The summed E-state index contributed by atoms with van der Waals surface area (Å²) in [5.41, 5.74) is 0.453. The molecule has 0 unspecified atom stereocenters. The van der Waals surface area contributed by atoms with Crippen LogP contribution in [0.4, 0.5) is 8.78 Å². The third-order valence-corrected chi connectivity index (χ3v) is 2.74. The number of fused-ring (bicyclic) bond motifs is 1. The Bertz CT molecular complexity index is 742. The number of aromatic nitrogens is 1. The first-order chi connectivity index (χ1) is 9.51. The number of nitrogens with one attached hydrogen (secondary N) is 2. The molecule has 6 nitrogen and oxygen atoms in total. The summed E-state index contributed by atoms with van der Waals surface area (Å²) in [6.45, 7) is -0.795. The van der Waals surface area contributed by atoms with Gasteiger partial charge in [0.15, 0.2) is 11.6 Å². The van der Waals surface area contributed by atoms with Gasteiger partial charge in [-0.05, 0) is 6.07 Å². The van der Waals surface area contributed by atoms with E-state index in [0.717, 1.165) is 6.20 Å². The Morgan fingerprint density at radius 1 is 1.50 bits per heavy atom. The lowest BCUT2D eigenvalue weighted by molar-refractivity contribution is 0.0308. The van der Waals surface area contributed by atoms with Crippen LogP contribution in [-0.4, -0.2) is 23.1 Å². The van der Waals surface area contributed by atoms with Crippen LogP contribution >= 0.6 is 0 Å². The minimum Gasteiger partial charge on any atom is -0.391 e. The van der Waals surface area contributed by atoms with E-state index in [9.17, 15) is 18.4 Å². The number of hydroxylamine groups is 1. The normalized spacial score (nSPS) is 10.8. The van der Waals surface area contributed by atoms with Crippen LogP contribution in [0.5, 0.6) is 0 Å². The van der Waals surface area contributed by atoms with Crippen LogP contribution in [0.25, 0.3) is 10.9 Å². The fourth-order valence-corrected chi connectivity index (χ4v) is 1.83. The molecule has 0 saturated carbocycles. The number of pyridine rings is 1. The zero-order valence-corrected chi connectivity index (χ0v) is 10.3. The molecule has 0 aliphatic rings. The molecule has 0 amide bonds. The molecule has 2 rings (SSSR count). The van der Waals surface area contributed by atoms with Gasteiger partial charge in [0.05, 0.1) is 12.1 Å². The largest absolute Gasteiger partial charge is 0.391 e. The van der Waals surface area contributed by atoms with Gasteiger partial charge in [0.2, 0.25) is 5.43 Å². The van der Waals surface area contributed by atoms with Crippen molar-refractivity contribution in [2.45, 2.75) is 6.61 Å². The Morgan fingerprint density at radius 2 is 2.20 bits per heavy atom. The zero-order chi connectivity index (χ0) is 14.9.